The number of rotatable bonds is 4. The Hall–Kier alpha value is -1.75. The number of likely N-dealkylation sites (tertiary alicyclic amines) is 1. The number of amides is 1. The molecular formula is C15H19ClN2O3. The van der Waals surface area contributed by atoms with Gasteiger partial charge in [-0.3, -0.25) is 9.59 Å². The number of hydrogen-bond acceptors (Lipinski definition) is 3. The van der Waals surface area contributed by atoms with Crippen LogP contribution in [0, 0.1) is 5.92 Å². The number of carboxylic acids is 1. The number of benzene rings is 1. The fraction of sp³-hybridized carbons (Fsp3) is 0.467. The molecule has 1 saturated heterocycles. The minimum atomic E-state index is -0.759. The van der Waals surface area contributed by atoms with Gasteiger partial charge in [-0.1, -0.05) is 11.6 Å². The van der Waals surface area contributed by atoms with Gasteiger partial charge in [0.15, 0.2) is 0 Å². The highest BCUT2D eigenvalue weighted by Crippen LogP contribution is 2.25. The van der Waals surface area contributed by atoms with Gasteiger partial charge in [0.25, 0.3) is 5.91 Å². The molecule has 0 aromatic heterocycles. The van der Waals surface area contributed by atoms with E-state index in [0.29, 0.717) is 41.7 Å². The first-order chi connectivity index (χ1) is 9.97. The van der Waals surface area contributed by atoms with Gasteiger partial charge in [0.1, 0.15) is 0 Å². The summed E-state index contributed by atoms with van der Waals surface area (Å²) in [5.74, 6) is -0.418. The van der Waals surface area contributed by atoms with E-state index in [2.05, 4.69) is 0 Å². The van der Waals surface area contributed by atoms with Crippen molar-refractivity contribution in [2.75, 3.05) is 18.8 Å². The maximum Gasteiger partial charge on any atom is 0.303 e. The summed E-state index contributed by atoms with van der Waals surface area (Å²) < 4.78 is 0. The minimum absolute atomic E-state index is 0.0476. The van der Waals surface area contributed by atoms with Crippen LogP contribution in [0.5, 0.6) is 0 Å². The van der Waals surface area contributed by atoms with Gasteiger partial charge >= 0.3 is 5.97 Å². The summed E-state index contributed by atoms with van der Waals surface area (Å²) in [6, 6.07) is 4.91. The molecule has 1 aromatic rings. The number of carbonyl (C=O) groups excluding carboxylic acids is 1. The Morgan fingerprint density at radius 3 is 2.57 bits per heavy atom. The second-order valence-electron chi connectivity index (χ2n) is 5.40. The smallest absolute Gasteiger partial charge is 0.303 e. The van der Waals surface area contributed by atoms with Crippen LogP contribution in [0.25, 0.3) is 0 Å². The van der Waals surface area contributed by atoms with E-state index in [1.165, 1.54) is 0 Å². The number of nitrogens with zero attached hydrogens (tertiary/aromatic N) is 1. The molecule has 3 N–H and O–H groups in total. The minimum Gasteiger partial charge on any atom is -0.481 e. The van der Waals surface area contributed by atoms with Crippen molar-refractivity contribution in [2.24, 2.45) is 5.92 Å². The van der Waals surface area contributed by atoms with Crippen LogP contribution in [-0.2, 0) is 4.79 Å². The number of piperidine rings is 1. The molecule has 0 aliphatic carbocycles. The Morgan fingerprint density at radius 1 is 1.33 bits per heavy atom. The van der Waals surface area contributed by atoms with Crippen LogP contribution < -0.4 is 5.73 Å². The predicted octanol–water partition coefficient (Wildman–Crippen LogP) is 2.64. The molecule has 6 heteroatoms. The lowest BCUT2D eigenvalue weighted by Gasteiger charge is -2.32. The summed E-state index contributed by atoms with van der Waals surface area (Å²) in [7, 11) is 0. The number of carbonyl (C=O) groups is 2. The highest BCUT2D eigenvalue weighted by atomic mass is 35.5. The summed E-state index contributed by atoms with van der Waals surface area (Å²) in [5.41, 5.74) is 6.64. The first-order valence-corrected chi connectivity index (χ1v) is 7.41. The molecule has 0 spiro atoms. The Morgan fingerprint density at radius 2 is 2.00 bits per heavy atom. The van der Waals surface area contributed by atoms with E-state index >= 15 is 0 Å². The van der Waals surface area contributed by atoms with Crippen LogP contribution >= 0.6 is 11.6 Å². The number of nitrogen functional groups attached to an aromatic ring is 1. The quantitative estimate of drug-likeness (QED) is 0.837. The maximum absolute atomic E-state index is 12.4. The van der Waals surface area contributed by atoms with Crippen LogP contribution in [0.2, 0.25) is 5.02 Å². The molecular weight excluding hydrogens is 292 g/mol. The van der Waals surface area contributed by atoms with Crippen molar-refractivity contribution in [3.05, 3.63) is 28.8 Å². The van der Waals surface area contributed by atoms with Gasteiger partial charge in [0.05, 0.1) is 10.7 Å². The van der Waals surface area contributed by atoms with Crippen molar-refractivity contribution in [3.8, 4) is 0 Å². The zero-order valence-corrected chi connectivity index (χ0v) is 12.5. The Balaban J connectivity index is 1.90. The third-order valence-electron chi connectivity index (χ3n) is 3.92. The zero-order valence-electron chi connectivity index (χ0n) is 11.7. The van der Waals surface area contributed by atoms with E-state index in [1.807, 2.05) is 0 Å². The topological polar surface area (TPSA) is 83.6 Å². The average molecular weight is 311 g/mol. The van der Waals surface area contributed by atoms with Crippen LogP contribution in [-0.4, -0.2) is 35.0 Å². The molecule has 2 rings (SSSR count). The fourth-order valence-corrected chi connectivity index (χ4v) is 2.78. The van der Waals surface area contributed by atoms with Crippen molar-refractivity contribution >= 4 is 29.2 Å². The number of hydrogen-bond donors (Lipinski definition) is 2. The van der Waals surface area contributed by atoms with Crippen molar-refractivity contribution in [2.45, 2.75) is 25.7 Å². The Bertz CT molecular complexity index is 540. The summed E-state index contributed by atoms with van der Waals surface area (Å²) in [5, 5.41) is 9.08. The second kappa shape index (κ2) is 6.80. The monoisotopic (exact) mass is 310 g/mol. The Labute approximate surface area is 128 Å². The molecule has 1 amide bonds. The standard InChI is InChI=1S/C15H19ClN2O3/c16-12-9-11(2-3-13(12)17)15(21)18-7-5-10(6-8-18)1-4-14(19)20/h2-3,9-10H,1,4-8,17H2,(H,19,20). The fourth-order valence-electron chi connectivity index (χ4n) is 2.60. The van der Waals surface area contributed by atoms with Gasteiger partial charge < -0.3 is 15.7 Å². The van der Waals surface area contributed by atoms with Crippen LogP contribution in [0.3, 0.4) is 0 Å². The molecule has 1 aliphatic heterocycles. The Kier molecular flexibility index (Phi) is 5.07. The van der Waals surface area contributed by atoms with Gasteiger partial charge in [0, 0.05) is 25.1 Å². The largest absolute Gasteiger partial charge is 0.481 e. The van der Waals surface area contributed by atoms with E-state index < -0.39 is 5.97 Å². The molecule has 1 heterocycles. The lowest BCUT2D eigenvalue weighted by Crippen LogP contribution is -2.38. The SMILES string of the molecule is Nc1ccc(C(=O)N2CCC(CCC(=O)O)CC2)cc1Cl. The molecule has 0 bridgehead atoms. The maximum atomic E-state index is 12.4. The van der Waals surface area contributed by atoms with Crippen LogP contribution in [0.1, 0.15) is 36.0 Å². The first-order valence-electron chi connectivity index (χ1n) is 7.03. The van der Waals surface area contributed by atoms with E-state index in [1.54, 1.807) is 23.1 Å². The average Bonchev–Trinajstić information content (AvgIpc) is 2.48. The molecule has 1 aliphatic rings. The molecule has 0 atom stereocenters. The third-order valence-corrected chi connectivity index (χ3v) is 4.24. The van der Waals surface area contributed by atoms with Gasteiger partial charge in [-0.05, 0) is 43.4 Å². The molecule has 0 saturated carbocycles. The highest BCUT2D eigenvalue weighted by Gasteiger charge is 2.24. The van der Waals surface area contributed by atoms with Crippen LogP contribution in [0.15, 0.2) is 18.2 Å². The van der Waals surface area contributed by atoms with E-state index in [0.717, 1.165) is 12.8 Å². The molecule has 1 aromatic carbocycles. The molecule has 114 valence electrons. The van der Waals surface area contributed by atoms with E-state index in [9.17, 15) is 9.59 Å². The lowest BCUT2D eigenvalue weighted by molar-refractivity contribution is -0.137. The first kappa shape index (κ1) is 15.6. The molecule has 21 heavy (non-hydrogen) atoms. The molecule has 5 nitrogen and oxygen atoms in total. The summed E-state index contributed by atoms with van der Waals surface area (Å²) >= 11 is 5.94. The number of nitrogens with two attached hydrogens (primary N) is 1. The highest BCUT2D eigenvalue weighted by molar-refractivity contribution is 6.33. The van der Waals surface area contributed by atoms with Gasteiger partial charge in [0.2, 0.25) is 0 Å². The number of halogens is 1. The van der Waals surface area contributed by atoms with Crippen molar-refractivity contribution in [3.63, 3.8) is 0 Å². The zero-order chi connectivity index (χ0) is 15.4. The number of anilines is 1. The number of aliphatic carboxylic acids is 1. The van der Waals surface area contributed by atoms with Gasteiger partial charge in [-0.15, -0.1) is 0 Å². The third kappa shape index (κ3) is 4.11. The van der Waals surface area contributed by atoms with Crippen molar-refractivity contribution in [1.29, 1.82) is 0 Å². The number of carboxylic acid groups (broad SMARTS) is 1. The van der Waals surface area contributed by atoms with Gasteiger partial charge in [-0.2, -0.15) is 0 Å². The predicted molar refractivity (Wildman–Crippen MR) is 81.4 cm³/mol. The summed E-state index contributed by atoms with van der Waals surface area (Å²) in [4.78, 5) is 24.7. The van der Waals surface area contributed by atoms with Crippen LogP contribution in [0.4, 0.5) is 5.69 Å². The second-order valence-corrected chi connectivity index (χ2v) is 5.81. The normalized spacial score (nSPS) is 16.0. The molecule has 1 fully saturated rings. The molecule has 0 radical (unpaired) electrons. The van der Waals surface area contributed by atoms with Crippen molar-refractivity contribution in [1.82, 2.24) is 4.90 Å². The van der Waals surface area contributed by atoms with Gasteiger partial charge in [-0.25, -0.2) is 0 Å². The van der Waals surface area contributed by atoms with Crippen molar-refractivity contribution < 1.29 is 14.7 Å². The van der Waals surface area contributed by atoms with E-state index in [-0.39, 0.29) is 12.3 Å². The lowest BCUT2D eigenvalue weighted by atomic mass is 9.92. The summed E-state index contributed by atoms with van der Waals surface area (Å²) in [6.45, 7) is 1.32. The van der Waals surface area contributed by atoms with E-state index in [4.69, 9.17) is 22.4 Å². The molecule has 0 unspecified atom stereocenters. The summed E-state index contributed by atoms with van der Waals surface area (Å²) in [6.07, 6.45) is 2.58.